The first kappa shape index (κ1) is 11.7. The monoisotopic (exact) mass is 320 g/mol. The molecule has 0 aromatic heterocycles. The number of hydrogen-bond donors (Lipinski definition) is 0. The Hall–Kier alpha value is -0.350. The number of carbonyl (C=O) groups is 1. The van der Waals surface area contributed by atoms with Gasteiger partial charge in [-0.05, 0) is 35.0 Å². The van der Waals surface area contributed by atoms with E-state index in [1.165, 1.54) is 0 Å². The van der Waals surface area contributed by atoms with E-state index in [1.807, 2.05) is 12.1 Å². The summed E-state index contributed by atoms with van der Waals surface area (Å²) in [6.45, 7) is 1.79. The second kappa shape index (κ2) is 4.94. The molecule has 0 heterocycles. The summed E-state index contributed by atoms with van der Waals surface area (Å²) >= 11 is 6.58. The van der Waals surface area contributed by atoms with Crippen LogP contribution in [0.2, 0.25) is 0 Å². The van der Waals surface area contributed by atoms with Gasteiger partial charge >= 0.3 is 0 Å². The fraction of sp³-hybridized carbons (Fsp3) is 0.300. The summed E-state index contributed by atoms with van der Waals surface area (Å²) in [7, 11) is 1.55. The Morgan fingerprint density at radius 1 is 1.50 bits per heavy atom. The molecule has 0 fully saturated rings. The third-order valence-corrected chi connectivity index (χ3v) is 2.84. The third-order valence-electron chi connectivity index (χ3n) is 1.80. The van der Waals surface area contributed by atoms with Crippen LogP contribution in [-0.4, -0.2) is 17.7 Å². The van der Waals surface area contributed by atoms with E-state index in [1.54, 1.807) is 20.1 Å². The topological polar surface area (TPSA) is 26.3 Å². The summed E-state index contributed by atoms with van der Waals surface area (Å²) in [5, 5.41) is 0. The molecule has 1 unspecified atom stereocenters. The van der Waals surface area contributed by atoms with Gasteiger partial charge in [0.15, 0.2) is 5.78 Å². The van der Waals surface area contributed by atoms with Crippen molar-refractivity contribution in [1.29, 1.82) is 0 Å². The van der Waals surface area contributed by atoms with Crippen molar-refractivity contribution in [3.05, 3.63) is 28.2 Å². The van der Waals surface area contributed by atoms with E-state index in [2.05, 4.69) is 31.9 Å². The summed E-state index contributed by atoms with van der Waals surface area (Å²) in [4.78, 5) is 11.5. The number of para-hydroxylation sites is 1. The Morgan fingerprint density at radius 2 is 2.14 bits per heavy atom. The van der Waals surface area contributed by atoms with Crippen LogP contribution in [0.5, 0.6) is 5.75 Å². The normalized spacial score (nSPS) is 12.3. The van der Waals surface area contributed by atoms with Crippen LogP contribution in [0.15, 0.2) is 22.7 Å². The van der Waals surface area contributed by atoms with Gasteiger partial charge in [0.05, 0.1) is 22.0 Å². The number of carbonyl (C=O) groups excluding carboxylic acids is 1. The molecule has 0 N–H and O–H groups in total. The maximum absolute atomic E-state index is 11.7. The fourth-order valence-electron chi connectivity index (χ4n) is 1.12. The first-order valence-corrected chi connectivity index (χ1v) is 5.79. The van der Waals surface area contributed by atoms with Crippen molar-refractivity contribution in [3.8, 4) is 5.75 Å². The highest BCUT2D eigenvalue weighted by molar-refractivity contribution is 9.10. The molecular formula is C10H10Br2O2. The summed E-state index contributed by atoms with van der Waals surface area (Å²) in [5.74, 6) is 0.604. The average Bonchev–Trinajstić information content (AvgIpc) is 2.16. The first-order chi connectivity index (χ1) is 6.57. The Balaban J connectivity index is 3.20. The van der Waals surface area contributed by atoms with Gasteiger partial charge in [-0.3, -0.25) is 4.79 Å². The van der Waals surface area contributed by atoms with Crippen molar-refractivity contribution in [1.82, 2.24) is 0 Å². The van der Waals surface area contributed by atoms with Crippen molar-refractivity contribution in [2.24, 2.45) is 0 Å². The van der Waals surface area contributed by atoms with Crippen molar-refractivity contribution >= 4 is 37.6 Å². The van der Waals surface area contributed by atoms with Crippen molar-refractivity contribution in [2.45, 2.75) is 11.8 Å². The summed E-state index contributed by atoms with van der Waals surface area (Å²) in [5.41, 5.74) is 0.589. The lowest BCUT2D eigenvalue weighted by Crippen LogP contribution is -2.11. The summed E-state index contributed by atoms with van der Waals surface area (Å²) in [6.07, 6.45) is 0. The second-order valence-electron chi connectivity index (χ2n) is 2.80. The maximum Gasteiger partial charge on any atom is 0.179 e. The minimum Gasteiger partial charge on any atom is -0.495 e. The van der Waals surface area contributed by atoms with Crippen LogP contribution in [0, 0.1) is 0 Å². The van der Waals surface area contributed by atoms with Gasteiger partial charge in [-0.1, -0.05) is 22.0 Å². The molecule has 14 heavy (non-hydrogen) atoms. The minimum absolute atomic E-state index is 0.0168. The van der Waals surface area contributed by atoms with E-state index in [0.29, 0.717) is 11.3 Å². The number of ether oxygens (including phenoxy) is 1. The van der Waals surface area contributed by atoms with Crippen molar-refractivity contribution in [3.63, 3.8) is 0 Å². The predicted molar refractivity (Wildman–Crippen MR) is 63.4 cm³/mol. The van der Waals surface area contributed by atoms with Gasteiger partial charge in [-0.2, -0.15) is 0 Å². The van der Waals surface area contributed by atoms with Crippen LogP contribution in [-0.2, 0) is 0 Å². The van der Waals surface area contributed by atoms with Crippen LogP contribution >= 0.6 is 31.9 Å². The Labute approximate surface area is 99.9 Å². The lowest BCUT2D eigenvalue weighted by molar-refractivity contribution is 0.0993. The Morgan fingerprint density at radius 3 is 2.64 bits per heavy atom. The van der Waals surface area contributed by atoms with Gasteiger partial charge in [0.25, 0.3) is 0 Å². The molecule has 0 saturated heterocycles. The number of hydrogen-bond acceptors (Lipinski definition) is 2. The quantitative estimate of drug-likeness (QED) is 0.630. The van der Waals surface area contributed by atoms with Gasteiger partial charge in [0.2, 0.25) is 0 Å². The number of benzene rings is 1. The first-order valence-electron chi connectivity index (χ1n) is 4.08. The third kappa shape index (κ3) is 2.36. The molecule has 0 aliphatic carbocycles. The number of alkyl halides is 1. The maximum atomic E-state index is 11.7. The molecular weight excluding hydrogens is 312 g/mol. The van der Waals surface area contributed by atoms with Crippen LogP contribution in [0.4, 0.5) is 0 Å². The molecule has 0 aliphatic rings. The van der Waals surface area contributed by atoms with Gasteiger partial charge < -0.3 is 4.74 Å². The molecule has 0 aliphatic heterocycles. The van der Waals surface area contributed by atoms with Gasteiger partial charge in [0, 0.05) is 0 Å². The van der Waals surface area contributed by atoms with E-state index in [4.69, 9.17) is 4.74 Å². The molecule has 0 amide bonds. The van der Waals surface area contributed by atoms with E-state index in [0.717, 1.165) is 4.47 Å². The molecule has 1 aromatic rings. The molecule has 4 heteroatoms. The molecule has 1 atom stereocenters. The highest BCUT2D eigenvalue weighted by Gasteiger charge is 2.17. The Bertz CT molecular complexity index is 348. The highest BCUT2D eigenvalue weighted by atomic mass is 79.9. The summed E-state index contributed by atoms with van der Waals surface area (Å²) in [6, 6.07) is 5.41. The molecule has 1 aromatic carbocycles. The zero-order chi connectivity index (χ0) is 10.7. The Kier molecular flexibility index (Phi) is 4.13. The highest BCUT2D eigenvalue weighted by Crippen LogP contribution is 2.30. The number of halogens is 2. The molecule has 0 saturated carbocycles. The largest absolute Gasteiger partial charge is 0.495 e. The molecule has 1 rings (SSSR count). The zero-order valence-corrected chi connectivity index (χ0v) is 11.1. The molecule has 0 bridgehead atoms. The average molecular weight is 322 g/mol. The lowest BCUT2D eigenvalue weighted by Gasteiger charge is -2.10. The molecule has 0 spiro atoms. The molecule has 0 radical (unpaired) electrons. The zero-order valence-electron chi connectivity index (χ0n) is 7.88. The second-order valence-corrected chi connectivity index (χ2v) is 5.03. The molecule has 2 nitrogen and oxygen atoms in total. The predicted octanol–water partition coefficient (Wildman–Crippen LogP) is 3.42. The van der Waals surface area contributed by atoms with Crippen molar-refractivity contribution in [2.75, 3.05) is 7.11 Å². The SMILES string of the molecule is COc1c(Br)cccc1C(=O)C(C)Br. The van der Waals surface area contributed by atoms with E-state index in [-0.39, 0.29) is 10.6 Å². The van der Waals surface area contributed by atoms with E-state index in [9.17, 15) is 4.79 Å². The van der Waals surface area contributed by atoms with Crippen LogP contribution < -0.4 is 4.74 Å². The smallest absolute Gasteiger partial charge is 0.179 e. The number of Topliss-reactive ketones (excluding diaryl/α,β-unsaturated/α-hetero) is 1. The van der Waals surface area contributed by atoms with E-state index < -0.39 is 0 Å². The number of ketones is 1. The van der Waals surface area contributed by atoms with E-state index >= 15 is 0 Å². The van der Waals surface area contributed by atoms with Crippen LogP contribution in [0.1, 0.15) is 17.3 Å². The molecule has 76 valence electrons. The minimum atomic E-state index is -0.203. The number of rotatable bonds is 3. The van der Waals surface area contributed by atoms with Crippen molar-refractivity contribution < 1.29 is 9.53 Å². The fourth-order valence-corrected chi connectivity index (χ4v) is 1.90. The van der Waals surface area contributed by atoms with Gasteiger partial charge in [-0.25, -0.2) is 0 Å². The van der Waals surface area contributed by atoms with Crippen LogP contribution in [0.25, 0.3) is 0 Å². The number of methoxy groups -OCH3 is 1. The van der Waals surface area contributed by atoms with Gasteiger partial charge in [0.1, 0.15) is 5.75 Å². The summed E-state index contributed by atoms with van der Waals surface area (Å²) < 4.78 is 5.95. The van der Waals surface area contributed by atoms with Crippen LogP contribution in [0.3, 0.4) is 0 Å². The van der Waals surface area contributed by atoms with Gasteiger partial charge in [-0.15, -0.1) is 0 Å². The lowest BCUT2D eigenvalue weighted by atomic mass is 10.1. The standard InChI is InChI=1S/C10H10Br2O2/c1-6(11)9(13)7-4-3-5-8(12)10(7)14-2/h3-6H,1-2H3.